The second kappa shape index (κ2) is 6.07. The van der Waals surface area contributed by atoms with Crippen molar-refractivity contribution in [2.45, 2.75) is 45.1 Å². The van der Waals surface area contributed by atoms with Crippen molar-refractivity contribution in [1.82, 2.24) is 15.1 Å². The summed E-state index contributed by atoms with van der Waals surface area (Å²) in [4.78, 5) is 23.5. The zero-order valence-electron chi connectivity index (χ0n) is 11.8. The standard InChI is InChI=1S/C14H21N3O3/c1-17-8-5-11(16-17)10-15-12(18)9-14(13(19)20)6-3-2-4-7-14/h5,8H,2-4,6-7,9-10H2,1H3,(H,15,18)(H,19,20). The van der Waals surface area contributed by atoms with Crippen LogP contribution in [0.5, 0.6) is 0 Å². The Morgan fingerprint density at radius 2 is 2.10 bits per heavy atom. The number of rotatable bonds is 5. The number of nitrogens with one attached hydrogen (secondary N) is 1. The molecule has 1 fully saturated rings. The lowest BCUT2D eigenvalue weighted by Gasteiger charge is -2.32. The van der Waals surface area contributed by atoms with Gasteiger partial charge in [0.2, 0.25) is 5.91 Å². The maximum Gasteiger partial charge on any atom is 0.310 e. The number of nitrogens with zero attached hydrogens (tertiary/aromatic N) is 2. The highest BCUT2D eigenvalue weighted by Gasteiger charge is 2.41. The molecule has 20 heavy (non-hydrogen) atoms. The fourth-order valence-electron chi connectivity index (χ4n) is 2.81. The summed E-state index contributed by atoms with van der Waals surface area (Å²) >= 11 is 0. The molecule has 0 bridgehead atoms. The first-order valence-electron chi connectivity index (χ1n) is 7.00. The Hall–Kier alpha value is -1.85. The Bertz CT molecular complexity index is 490. The van der Waals surface area contributed by atoms with Crippen LogP contribution in [0.1, 0.15) is 44.2 Å². The minimum atomic E-state index is -0.869. The third-order valence-electron chi connectivity index (χ3n) is 4.00. The molecule has 1 heterocycles. The lowest BCUT2D eigenvalue weighted by Crippen LogP contribution is -2.39. The van der Waals surface area contributed by atoms with Crippen molar-refractivity contribution in [3.8, 4) is 0 Å². The van der Waals surface area contributed by atoms with E-state index in [9.17, 15) is 14.7 Å². The first-order chi connectivity index (χ1) is 9.52. The summed E-state index contributed by atoms with van der Waals surface area (Å²) in [5.74, 6) is -1.05. The third kappa shape index (κ3) is 3.37. The average Bonchev–Trinajstić information content (AvgIpc) is 2.83. The number of carboxylic acid groups (broad SMARTS) is 1. The smallest absolute Gasteiger partial charge is 0.310 e. The Kier molecular flexibility index (Phi) is 4.42. The number of amides is 1. The molecule has 1 aliphatic carbocycles. The van der Waals surface area contributed by atoms with Gasteiger partial charge in [0.05, 0.1) is 17.7 Å². The van der Waals surface area contributed by atoms with Gasteiger partial charge >= 0.3 is 5.97 Å². The van der Waals surface area contributed by atoms with Gasteiger partial charge in [-0.15, -0.1) is 0 Å². The van der Waals surface area contributed by atoms with Crippen molar-refractivity contribution in [3.63, 3.8) is 0 Å². The van der Waals surface area contributed by atoms with Gasteiger partial charge in [0.15, 0.2) is 0 Å². The van der Waals surface area contributed by atoms with E-state index < -0.39 is 11.4 Å². The molecular weight excluding hydrogens is 258 g/mol. The van der Waals surface area contributed by atoms with Crippen LogP contribution in [0.4, 0.5) is 0 Å². The molecule has 0 aromatic carbocycles. The van der Waals surface area contributed by atoms with E-state index in [1.54, 1.807) is 10.9 Å². The highest BCUT2D eigenvalue weighted by Crippen LogP contribution is 2.39. The van der Waals surface area contributed by atoms with E-state index in [0.29, 0.717) is 19.4 Å². The normalized spacial score (nSPS) is 17.6. The number of carbonyl (C=O) groups is 2. The molecule has 1 aliphatic rings. The van der Waals surface area contributed by atoms with Crippen LogP contribution in [0.15, 0.2) is 12.3 Å². The number of hydrogen-bond donors (Lipinski definition) is 2. The van der Waals surface area contributed by atoms with E-state index in [-0.39, 0.29) is 12.3 Å². The molecule has 1 amide bonds. The second-order valence-corrected chi connectivity index (χ2v) is 5.58. The van der Waals surface area contributed by atoms with Crippen LogP contribution in [0.25, 0.3) is 0 Å². The van der Waals surface area contributed by atoms with E-state index in [0.717, 1.165) is 25.0 Å². The molecule has 0 unspecified atom stereocenters. The van der Waals surface area contributed by atoms with Gasteiger partial charge in [0, 0.05) is 19.7 Å². The Morgan fingerprint density at radius 1 is 1.40 bits per heavy atom. The number of aryl methyl sites for hydroxylation is 1. The van der Waals surface area contributed by atoms with E-state index in [1.165, 1.54) is 0 Å². The predicted octanol–water partition coefficient (Wildman–Crippen LogP) is 1.46. The van der Waals surface area contributed by atoms with Crippen molar-refractivity contribution in [2.24, 2.45) is 12.5 Å². The summed E-state index contributed by atoms with van der Waals surface area (Å²) in [6, 6.07) is 1.83. The number of aromatic nitrogens is 2. The zero-order valence-corrected chi connectivity index (χ0v) is 11.8. The highest BCUT2D eigenvalue weighted by atomic mass is 16.4. The van der Waals surface area contributed by atoms with Gasteiger partial charge in [-0.05, 0) is 18.9 Å². The summed E-state index contributed by atoms with van der Waals surface area (Å²) in [5, 5.41) is 16.4. The summed E-state index contributed by atoms with van der Waals surface area (Å²) in [6.07, 6.45) is 5.90. The molecule has 6 heteroatoms. The topological polar surface area (TPSA) is 84.2 Å². The molecule has 110 valence electrons. The fourth-order valence-corrected chi connectivity index (χ4v) is 2.81. The number of carboxylic acids is 1. The first-order valence-corrected chi connectivity index (χ1v) is 7.00. The van der Waals surface area contributed by atoms with Crippen LogP contribution >= 0.6 is 0 Å². The summed E-state index contributed by atoms with van der Waals surface area (Å²) in [5.41, 5.74) is -0.0965. The Balaban J connectivity index is 1.90. The average molecular weight is 279 g/mol. The minimum absolute atomic E-state index is 0.0646. The van der Waals surface area contributed by atoms with Gasteiger partial charge in [0.25, 0.3) is 0 Å². The number of hydrogen-bond acceptors (Lipinski definition) is 3. The number of aliphatic carboxylic acids is 1. The lowest BCUT2D eigenvalue weighted by molar-refractivity contribution is -0.154. The fraction of sp³-hybridized carbons (Fsp3) is 0.643. The largest absolute Gasteiger partial charge is 0.481 e. The van der Waals surface area contributed by atoms with Crippen molar-refractivity contribution >= 4 is 11.9 Å². The van der Waals surface area contributed by atoms with Crippen LogP contribution in [0, 0.1) is 5.41 Å². The Labute approximate surface area is 118 Å². The molecule has 0 aliphatic heterocycles. The van der Waals surface area contributed by atoms with Crippen LogP contribution in [-0.2, 0) is 23.2 Å². The highest BCUT2D eigenvalue weighted by molar-refractivity contribution is 5.85. The molecule has 6 nitrogen and oxygen atoms in total. The molecule has 2 N–H and O–H groups in total. The van der Waals surface area contributed by atoms with Gasteiger partial charge in [-0.1, -0.05) is 19.3 Å². The molecule has 1 saturated carbocycles. The van der Waals surface area contributed by atoms with Crippen LogP contribution < -0.4 is 5.32 Å². The molecule has 1 aromatic heterocycles. The summed E-state index contributed by atoms with van der Waals surface area (Å²) in [6.45, 7) is 0.343. The molecular formula is C14H21N3O3. The van der Waals surface area contributed by atoms with E-state index in [2.05, 4.69) is 10.4 Å². The van der Waals surface area contributed by atoms with E-state index >= 15 is 0 Å². The molecule has 0 spiro atoms. The monoisotopic (exact) mass is 279 g/mol. The molecule has 0 saturated heterocycles. The molecule has 0 atom stereocenters. The molecule has 0 radical (unpaired) electrons. The quantitative estimate of drug-likeness (QED) is 0.854. The molecule has 1 aromatic rings. The lowest BCUT2D eigenvalue weighted by atomic mass is 9.71. The van der Waals surface area contributed by atoms with E-state index in [4.69, 9.17) is 0 Å². The van der Waals surface area contributed by atoms with E-state index in [1.807, 2.05) is 13.1 Å². The van der Waals surface area contributed by atoms with Crippen molar-refractivity contribution in [2.75, 3.05) is 0 Å². The van der Waals surface area contributed by atoms with Gasteiger partial charge < -0.3 is 10.4 Å². The van der Waals surface area contributed by atoms with Gasteiger partial charge in [-0.2, -0.15) is 5.10 Å². The van der Waals surface area contributed by atoms with Crippen LogP contribution in [-0.4, -0.2) is 26.8 Å². The maximum absolute atomic E-state index is 12.0. The molecule has 2 rings (SSSR count). The van der Waals surface area contributed by atoms with Crippen molar-refractivity contribution in [3.05, 3.63) is 18.0 Å². The Morgan fingerprint density at radius 3 is 2.65 bits per heavy atom. The minimum Gasteiger partial charge on any atom is -0.481 e. The second-order valence-electron chi connectivity index (χ2n) is 5.58. The van der Waals surface area contributed by atoms with Gasteiger partial charge in [-0.3, -0.25) is 14.3 Å². The summed E-state index contributed by atoms with van der Waals surface area (Å²) < 4.78 is 1.67. The SMILES string of the molecule is Cn1ccc(CNC(=O)CC2(C(=O)O)CCCCC2)n1. The van der Waals surface area contributed by atoms with Crippen LogP contribution in [0.3, 0.4) is 0 Å². The maximum atomic E-state index is 12.0. The third-order valence-corrected chi connectivity index (χ3v) is 4.00. The van der Waals surface area contributed by atoms with Crippen molar-refractivity contribution < 1.29 is 14.7 Å². The summed E-state index contributed by atoms with van der Waals surface area (Å²) in [7, 11) is 1.81. The zero-order chi connectivity index (χ0) is 14.6. The van der Waals surface area contributed by atoms with Gasteiger partial charge in [0.1, 0.15) is 0 Å². The van der Waals surface area contributed by atoms with Gasteiger partial charge in [-0.25, -0.2) is 0 Å². The van der Waals surface area contributed by atoms with Crippen molar-refractivity contribution in [1.29, 1.82) is 0 Å². The predicted molar refractivity (Wildman–Crippen MR) is 72.8 cm³/mol. The van der Waals surface area contributed by atoms with Crippen LogP contribution in [0.2, 0.25) is 0 Å². The number of carbonyl (C=O) groups excluding carboxylic acids is 1. The first kappa shape index (κ1) is 14.6.